The van der Waals surface area contributed by atoms with E-state index in [4.69, 9.17) is 16.3 Å². The van der Waals surface area contributed by atoms with Crippen molar-refractivity contribution in [1.29, 1.82) is 0 Å². The van der Waals surface area contributed by atoms with Crippen molar-refractivity contribution in [3.63, 3.8) is 0 Å². The molecule has 0 fully saturated rings. The average molecular weight is 292 g/mol. The number of aryl methyl sites for hydroxylation is 1. The van der Waals surface area contributed by atoms with Crippen molar-refractivity contribution in [3.8, 4) is 17.1 Å². The molecule has 5 heteroatoms. The fourth-order valence-electron chi connectivity index (χ4n) is 1.92. The minimum Gasteiger partial charge on any atom is -0.496 e. The normalized spacial score (nSPS) is 10.4. The molecule has 2 aromatic rings. The Morgan fingerprint density at radius 3 is 2.65 bits per heavy atom. The number of aromatic nitrogens is 2. The number of anilines is 1. The molecule has 0 amide bonds. The molecule has 0 atom stereocenters. The summed E-state index contributed by atoms with van der Waals surface area (Å²) < 4.78 is 5.37. The van der Waals surface area contributed by atoms with Gasteiger partial charge in [-0.25, -0.2) is 9.97 Å². The molecule has 0 aliphatic heterocycles. The summed E-state index contributed by atoms with van der Waals surface area (Å²) in [5, 5.41) is 3.85. The molecule has 4 nitrogen and oxygen atoms in total. The molecule has 0 spiro atoms. The Bertz CT molecular complexity index is 602. The van der Waals surface area contributed by atoms with Gasteiger partial charge in [-0.05, 0) is 31.5 Å². The summed E-state index contributed by atoms with van der Waals surface area (Å²) in [6, 6.07) is 7.43. The molecule has 0 aliphatic rings. The van der Waals surface area contributed by atoms with Gasteiger partial charge in [-0.15, -0.1) is 0 Å². The van der Waals surface area contributed by atoms with E-state index in [-0.39, 0.29) is 0 Å². The first-order chi connectivity index (χ1) is 9.67. The number of hydrogen-bond donors (Lipinski definition) is 1. The summed E-state index contributed by atoms with van der Waals surface area (Å²) in [6.45, 7) is 4.93. The van der Waals surface area contributed by atoms with Crippen LogP contribution >= 0.6 is 11.6 Å². The summed E-state index contributed by atoms with van der Waals surface area (Å²) >= 11 is 5.99. The van der Waals surface area contributed by atoms with Gasteiger partial charge in [0.2, 0.25) is 0 Å². The van der Waals surface area contributed by atoms with E-state index in [2.05, 4.69) is 22.2 Å². The lowest BCUT2D eigenvalue weighted by Gasteiger charge is -2.11. The average Bonchev–Trinajstić information content (AvgIpc) is 2.47. The Balaban J connectivity index is 2.53. The molecule has 0 bridgehead atoms. The standard InChI is InChI=1S/C15H18ClN3O/c1-4-11-9-14(17-5-2)19-15(18-11)12-7-6-10(16)8-13(12)20-3/h6-9H,4-5H2,1-3H3,(H,17,18,19). The molecule has 0 unspecified atom stereocenters. The minimum absolute atomic E-state index is 0.629. The van der Waals surface area contributed by atoms with Crippen LogP contribution in [-0.4, -0.2) is 23.6 Å². The van der Waals surface area contributed by atoms with Crippen LogP contribution in [0.25, 0.3) is 11.4 Å². The van der Waals surface area contributed by atoms with Crippen LogP contribution in [0.15, 0.2) is 24.3 Å². The molecule has 1 aromatic carbocycles. The second kappa shape index (κ2) is 6.57. The lowest BCUT2D eigenvalue weighted by molar-refractivity contribution is 0.416. The van der Waals surface area contributed by atoms with Gasteiger partial charge in [0.1, 0.15) is 11.6 Å². The van der Waals surface area contributed by atoms with Crippen LogP contribution < -0.4 is 10.1 Å². The van der Waals surface area contributed by atoms with Crippen molar-refractivity contribution in [2.45, 2.75) is 20.3 Å². The summed E-state index contributed by atoms with van der Waals surface area (Å²) in [7, 11) is 1.62. The van der Waals surface area contributed by atoms with Gasteiger partial charge >= 0.3 is 0 Å². The van der Waals surface area contributed by atoms with E-state index in [1.807, 2.05) is 25.1 Å². The summed E-state index contributed by atoms with van der Waals surface area (Å²) in [5.74, 6) is 2.15. The Kier molecular flexibility index (Phi) is 4.79. The van der Waals surface area contributed by atoms with Crippen molar-refractivity contribution in [2.24, 2.45) is 0 Å². The van der Waals surface area contributed by atoms with Gasteiger partial charge in [-0.2, -0.15) is 0 Å². The maximum atomic E-state index is 5.99. The van der Waals surface area contributed by atoms with E-state index in [1.54, 1.807) is 13.2 Å². The third-order valence-corrected chi connectivity index (χ3v) is 3.14. The molecule has 0 radical (unpaired) electrons. The van der Waals surface area contributed by atoms with E-state index < -0.39 is 0 Å². The second-order valence-electron chi connectivity index (χ2n) is 4.30. The maximum absolute atomic E-state index is 5.99. The van der Waals surface area contributed by atoms with Crippen LogP contribution in [0.5, 0.6) is 5.75 Å². The predicted molar refractivity (Wildman–Crippen MR) is 82.6 cm³/mol. The van der Waals surface area contributed by atoms with Crippen LogP contribution in [0, 0.1) is 0 Å². The van der Waals surface area contributed by atoms with Gasteiger partial charge in [-0.3, -0.25) is 0 Å². The maximum Gasteiger partial charge on any atom is 0.165 e. The van der Waals surface area contributed by atoms with E-state index in [9.17, 15) is 0 Å². The van der Waals surface area contributed by atoms with Crippen molar-refractivity contribution < 1.29 is 4.74 Å². The Morgan fingerprint density at radius 1 is 1.20 bits per heavy atom. The van der Waals surface area contributed by atoms with Gasteiger partial charge in [0.15, 0.2) is 5.82 Å². The Morgan fingerprint density at radius 2 is 2.00 bits per heavy atom. The first-order valence-corrected chi connectivity index (χ1v) is 7.01. The zero-order chi connectivity index (χ0) is 14.5. The number of ether oxygens (including phenoxy) is 1. The summed E-state index contributed by atoms with van der Waals surface area (Å²) in [6.07, 6.45) is 0.851. The molecule has 0 aliphatic carbocycles. The zero-order valence-electron chi connectivity index (χ0n) is 11.9. The van der Waals surface area contributed by atoms with Crippen LogP contribution in [0.2, 0.25) is 5.02 Å². The highest BCUT2D eigenvalue weighted by Crippen LogP contribution is 2.31. The number of nitrogens with zero attached hydrogens (tertiary/aromatic N) is 2. The molecule has 1 N–H and O–H groups in total. The number of hydrogen-bond acceptors (Lipinski definition) is 4. The SMILES string of the molecule is CCNc1cc(CC)nc(-c2ccc(Cl)cc2OC)n1. The topological polar surface area (TPSA) is 47.0 Å². The fourth-order valence-corrected chi connectivity index (χ4v) is 2.08. The molecule has 0 saturated carbocycles. The van der Waals surface area contributed by atoms with Crippen molar-refractivity contribution >= 4 is 17.4 Å². The first-order valence-electron chi connectivity index (χ1n) is 6.63. The number of methoxy groups -OCH3 is 1. The third-order valence-electron chi connectivity index (χ3n) is 2.90. The van der Waals surface area contributed by atoms with Crippen molar-refractivity contribution in [2.75, 3.05) is 19.0 Å². The van der Waals surface area contributed by atoms with Crippen LogP contribution in [0.3, 0.4) is 0 Å². The Hall–Kier alpha value is -1.81. The smallest absolute Gasteiger partial charge is 0.165 e. The minimum atomic E-state index is 0.629. The van der Waals surface area contributed by atoms with Gasteiger partial charge < -0.3 is 10.1 Å². The highest BCUT2D eigenvalue weighted by atomic mass is 35.5. The highest BCUT2D eigenvalue weighted by molar-refractivity contribution is 6.30. The second-order valence-corrected chi connectivity index (χ2v) is 4.73. The molecule has 1 aromatic heterocycles. The van der Waals surface area contributed by atoms with E-state index in [0.717, 1.165) is 30.0 Å². The number of halogens is 1. The van der Waals surface area contributed by atoms with Crippen LogP contribution in [-0.2, 0) is 6.42 Å². The number of nitrogens with one attached hydrogen (secondary N) is 1. The van der Waals surface area contributed by atoms with Gasteiger partial charge in [0.05, 0.1) is 12.7 Å². The molecular formula is C15H18ClN3O. The van der Waals surface area contributed by atoms with E-state index >= 15 is 0 Å². The zero-order valence-corrected chi connectivity index (χ0v) is 12.7. The predicted octanol–water partition coefficient (Wildman–Crippen LogP) is 3.80. The van der Waals surface area contributed by atoms with Crippen LogP contribution in [0.4, 0.5) is 5.82 Å². The quantitative estimate of drug-likeness (QED) is 0.910. The lowest BCUT2D eigenvalue weighted by Crippen LogP contribution is -2.04. The molecule has 20 heavy (non-hydrogen) atoms. The third kappa shape index (κ3) is 3.20. The summed E-state index contributed by atoms with van der Waals surface area (Å²) in [5.41, 5.74) is 1.83. The number of benzene rings is 1. The number of rotatable bonds is 5. The largest absolute Gasteiger partial charge is 0.496 e. The van der Waals surface area contributed by atoms with Crippen molar-refractivity contribution in [3.05, 3.63) is 35.0 Å². The molecule has 2 rings (SSSR count). The lowest BCUT2D eigenvalue weighted by atomic mass is 10.1. The van der Waals surface area contributed by atoms with Crippen LogP contribution in [0.1, 0.15) is 19.5 Å². The van der Waals surface area contributed by atoms with Gasteiger partial charge in [0.25, 0.3) is 0 Å². The molecule has 0 saturated heterocycles. The fraction of sp³-hybridized carbons (Fsp3) is 0.333. The monoisotopic (exact) mass is 291 g/mol. The first kappa shape index (κ1) is 14.6. The summed E-state index contributed by atoms with van der Waals surface area (Å²) in [4.78, 5) is 9.10. The molecular weight excluding hydrogens is 274 g/mol. The van der Waals surface area contributed by atoms with Gasteiger partial charge in [-0.1, -0.05) is 18.5 Å². The molecule has 106 valence electrons. The van der Waals surface area contributed by atoms with Gasteiger partial charge in [0, 0.05) is 23.3 Å². The molecule has 1 heterocycles. The van der Waals surface area contributed by atoms with E-state index in [0.29, 0.717) is 16.6 Å². The van der Waals surface area contributed by atoms with E-state index in [1.165, 1.54) is 0 Å². The van der Waals surface area contributed by atoms with Crippen molar-refractivity contribution in [1.82, 2.24) is 9.97 Å². The Labute approximate surface area is 124 Å². The highest BCUT2D eigenvalue weighted by Gasteiger charge is 2.11.